The lowest BCUT2D eigenvalue weighted by Gasteiger charge is -2.19. The molecule has 1 saturated heterocycles. The van der Waals surface area contributed by atoms with Gasteiger partial charge in [0.25, 0.3) is 0 Å². The first kappa shape index (κ1) is 14.1. The highest BCUT2D eigenvalue weighted by Gasteiger charge is 2.25. The molecule has 4 nitrogen and oxygen atoms in total. The Kier molecular flexibility index (Phi) is 4.66. The van der Waals surface area contributed by atoms with Crippen molar-refractivity contribution in [1.82, 2.24) is 10.6 Å². The van der Waals surface area contributed by atoms with Crippen molar-refractivity contribution >= 4 is 17.7 Å². The second-order valence-electron chi connectivity index (χ2n) is 4.36. The molecule has 2 rings (SSSR count). The summed E-state index contributed by atoms with van der Waals surface area (Å²) in [4.78, 5) is 12.0. The fourth-order valence-corrected chi connectivity index (χ4v) is 3.01. The van der Waals surface area contributed by atoms with Crippen LogP contribution < -0.4 is 15.4 Å². The van der Waals surface area contributed by atoms with Crippen molar-refractivity contribution in [3.05, 3.63) is 29.6 Å². The molecule has 1 heterocycles. The van der Waals surface area contributed by atoms with Gasteiger partial charge in [0, 0.05) is 11.6 Å². The van der Waals surface area contributed by atoms with E-state index in [1.807, 2.05) is 0 Å². The van der Waals surface area contributed by atoms with Crippen LogP contribution in [0.2, 0.25) is 0 Å². The molecule has 0 radical (unpaired) electrons. The molecule has 1 fully saturated rings. The summed E-state index contributed by atoms with van der Waals surface area (Å²) in [6.07, 6.45) is 0. The van der Waals surface area contributed by atoms with Gasteiger partial charge in [0.2, 0.25) is 5.91 Å². The van der Waals surface area contributed by atoms with Gasteiger partial charge < -0.3 is 10.1 Å². The van der Waals surface area contributed by atoms with Crippen LogP contribution in [0.4, 0.5) is 4.39 Å². The fourth-order valence-electron chi connectivity index (χ4n) is 2.07. The summed E-state index contributed by atoms with van der Waals surface area (Å²) in [7, 11) is 1.49. The van der Waals surface area contributed by atoms with Gasteiger partial charge in [0.05, 0.1) is 24.8 Å². The number of halogens is 1. The Hall–Kier alpha value is -1.27. The Bertz CT molecular complexity index is 464. The van der Waals surface area contributed by atoms with Crippen molar-refractivity contribution in [3.8, 4) is 5.75 Å². The molecule has 0 spiro atoms. The zero-order valence-electron chi connectivity index (χ0n) is 10.9. The van der Waals surface area contributed by atoms with Crippen LogP contribution in [-0.4, -0.2) is 30.7 Å². The molecule has 1 aliphatic heterocycles. The van der Waals surface area contributed by atoms with Crippen molar-refractivity contribution in [3.63, 3.8) is 0 Å². The average Bonchev–Trinajstić information content (AvgIpc) is 2.92. The summed E-state index contributed by atoms with van der Waals surface area (Å²) in [6.45, 7) is 1.75. The summed E-state index contributed by atoms with van der Waals surface area (Å²) in [5, 5.41) is 5.90. The summed E-state index contributed by atoms with van der Waals surface area (Å²) in [5.41, 5.74) is 0.379. The minimum absolute atomic E-state index is 0.109. The van der Waals surface area contributed by atoms with E-state index in [0.717, 1.165) is 11.6 Å². The maximum absolute atomic E-state index is 13.9. The number of amides is 1. The molecule has 0 aliphatic carbocycles. The Labute approximate surface area is 116 Å². The van der Waals surface area contributed by atoms with Crippen LogP contribution in [0, 0.1) is 5.82 Å². The van der Waals surface area contributed by atoms with Gasteiger partial charge in [-0.25, -0.2) is 4.39 Å². The number of carbonyl (C=O) groups is 1. The second-order valence-corrected chi connectivity index (χ2v) is 5.39. The number of rotatable bonds is 4. The fraction of sp³-hybridized carbons (Fsp3) is 0.462. The monoisotopic (exact) mass is 284 g/mol. The van der Waals surface area contributed by atoms with E-state index in [0.29, 0.717) is 11.3 Å². The van der Waals surface area contributed by atoms with Gasteiger partial charge >= 0.3 is 0 Å². The third kappa shape index (κ3) is 3.19. The van der Waals surface area contributed by atoms with Crippen molar-refractivity contribution in [2.24, 2.45) is 0 Å². The van der Waals surface area contributed by atoms with Gasteiger partial charge in [-0.15, -0.1) is 11.8 Å². The molecule has 0 unspecified atom stereocenters. The third-order valence-electron chi connectivity index (χ3n) is 3.06. The lowest BCUT2D eigenvalue weighted by Crippen LogP contribution is -2.43. The van der Waals surface area contributed by atoms with Gasteiger partial charge in [-0.3, -0.25) is 10.1 Å². The molecule has 0 aromatic heterocycles. The van der Waals surface area contributed by atoms with E-state index < -0.39 is 6.04 Å². The minimum Gasteiger partial charge on any atom is -0.496 e. The van der Waals surface area contributed by atoms with Crippen molar-refractivity contribution in [2.75, 3.05) is 18.7 Å². The maximum atomic E-state index is 13.9. The van der Waals surface area contributed by atoms with Gasteiger partial charge in [-0.05, 0) is 19.1 Å². The van der Waals surface area contributed by atoms with Crippen molar-refractivity contribution in [2.45, 2.75) is 19.0 Å². The number of thioether (sulfide) groups is 1. The summed E-state index contributed by atoms with van der Waals surface area (Å²) in [5.74, 6) is 1.48. The molecule has 6 heteroatoms. The Balaban J connectivity index is 2.11. The molecule has 0 saturated carbocycles. The Morgan fingerprint density at radius 3 is 3.05 bits per heavy atom. The number of nitrogens with one attached hydrogen (secondary N) is 2. The average molecular weight is 284 g/mol. The first-order chi connectivity index (χ1) is 9.13. The molecule has 0 bridgehead atoms. The zero-order chi connectivity index (χ0) is 13.8. The predicted molar refractivity (Wildman–Crippen MR) is 73.8 cm³/mol. The predicted octanol–water partition coefficient (Wildman–Crippen LogP) is 1.67. The normalized spacial score (nSPS) is 20.1. The minimum atomic E-state index is -0.434. The van der Waals surface area contributed by atoms with Crippen LogP contribution in [-0.2, 0) is 4.79 Å². The number of hydrogen-bond donors (Lipinski definition) is 2. The molecule has 19 heavy (non-hydrogen) atoms. The number of hydrogen-bond acceptors (Lipinski definition) is 4. The van der Waals surface area contributed by atoms with E-state index in [2.05, 4.69) is 10.6 Å². The largest absolute Gasteiger partial charge is 0.496 e. The van der Waals surface area contributed by atoms with Crippen LogP contribution in [0.3, 0.4) is 0 Å². The van der Waals surface area contributed by atoms with Crippen molar-refractivity contribution < 1.29 is 13.9 Å². The second kappa shape index (κ2) is 6.25. The summed E-state index contributed by atoms with van der Waals surface area (Å²) in [6, 6.07) is 4.00. The highest BCUT2D eigenvalue weighted by Crippen LogP contribution is 2.27. The molecular weight excluding hydrogens is 267 g/mol. The number of carbonyl (C=O) groups excluding carboxylic acids is 1. The molecule has 2 atom stereocenters. The van der Waals surface area contributed by atoms with Gasteiger partial charge in [-0.2, -0.15) is 0 Å². The van der Waals surface area contributed by atoms with Crippen molar-refractivity contribution in [1.29, 1.82) is 0 Å². The van der Waals surface area contributed by atoms with E-state index in [9.17, 15) is 9.18 Å². The molecular formula is C13H17FN2O2S. The van der Waals surface area contributed by atoms with E-state index in [-0.39, 0.29) is 17.8 Å². The zero-order valence-corrected chi connectivity index (χ0v) is 11.7. The van der Waals surface area contributed by atoms with Crippen LogP contribution in [0.15, 0.2) is 18.2 Å². The molecule has 1 aromatic carbocycles. The maximum Gasteiger partial charge on any atom is 0.238 e. The van der Waals surface area contributed by atoms with E-state index in [1.165, 1.54) is 13.2 Å². The van der Waals surface area contributed by atoms with E-state index >= 15 is 0 Å². The van der Waals surface area contributed by atoms with Gasteiger partial charge in [-0.1, -0.05) is 6.07 Å². The van der Waals surface area contributed by atoms with Crippen LogP contribution in [0.25, 0.3) is 0 Å². The SMILES string of the molecule is COc1cccc(F)c1[C@H](C)NC(=O)[C@@H]1CSCN1. The lowest BCUT2D eigenvalue weighted by atomic mass is 10.1. The highest BCUT2D eigenvalue weighted by atomic mass is 32.2. The van der Waals surface area contributed by atoms with Crippen LogP contribution >= 0.6 is 11.8 Å². The molecule has 1 amide bonds. The number of benzene rings is 1. The quantitative estimate of drug-likeness (QED) is 0.883. The van der Waals surface area contributed by atoms with Gasteiger partial charge in [0.1, 0.15) is 11.6 Å². The van der Waals surface area contributed by atoms with Crippen LogP contribution in [0.1, 0.15) is 18.5 Å². The van der Waals surface area contributed by atoms with Gasteiger partial charge in [0.15, 0.2) is 0 Å². The third-order valence-corrected chi connectivity index (χ3v) is 4.00. The van der Waals surface area contributed by atoms with E-state index in [1.54, 1.807) is 30.8 Å². The molecule has 2 N–H and O–H groups in total. The highest BCUT2D eigenvalue weighted by molar-refractivity contribution is 7.99. The molecule has 1 aromatic rings. The lowest BCUT2D eigenvalue weighted by molar-refractivity contribution is -0.123. The molecule has 1 aliphatic rings. The Morgan fingerprint density at radius 1 is 1.63 bits per heavy atom. The standard InChI is InChI=1S/C13H17FN2O2S/c1-8(16-13(17)10-6-19-7-15-10)12-9(14)4-3-5-11(12)18-2/h3-5,8,10,15H,6-7H2,1-2H3,(H,16,17)/t8-,10-/m0/s1. The topological polar surface area (TPSA) is 50.4 Å². The number of ether oxygens (including phenoxy) is 1. The number of methoxy groups -OCH3 is 1. The first-order valence-corrected chi connectivity index (χ1v) is 7.23. The Morgan fingerprint density at radius 2 is 2.42 bits per heavy atom. The van der Waals surface area contributed by atoms with E-state index in [4.69, 9.17) is 4.74 Å². The van der Waals surface area contributed by atoms with Crippen LogP contribution in [0.5, 0.6) is 5.75 Å². The summed E-state index contributed by atoms with van der Waals surface area (Å²) >= 11 is 1.67. The summed E-state index contributed by atoms with van der Waals surface area (Å²) < 4.78 is 19.0. The smallest absolute Gasteiger partial charge is 0.238 e. The molecule has 104 valence electrons. The first-order valence-electron chi connectivity index (χ1n) is 6.07.